The first-order chi connectivity index (χ1) is 7.31. The summed E-state index contributed by atoms with van der Waals surface area (Å²) in [5, 5.41) is 4.36. The van der Waals surface area contributed by atoms with Crippen LogP contribution in [0.15, 0.2) is 24.4 Å². The van der Waals surface area contributed by atoms with Gasteiger partial charge in [0.25, 0.3) is 0 Å². The predicted molar refractivity (Wildman–Crippen MR) is 59.9 cm³/mol. The number of hydrogen-bond acceptors (Lipinski definition) is 4. The van der Waals surface area contributed by atoms with Gasteiger partial charge in [-0.05, 0) is 25.1 Å². The highest BCUT2D eigenvalue weighted by Gasteiger charge is 2.06. The number of nitrogens with zero attached hydrogens (tertiary/aromatic N) is 4. The van der Waals surface area contributed by atoms with Gasteiger partial charge >= 0.3 is 0 Å². The van der Waals surface area contributed by atoms with Crippen molar-refractivity contribution in [2.45, 2.75) is 6.42 Å². The van der Waals surface area contributed by atoms with Gasteiger partial charge in [-0.25, -0.2) is 4.52 Å². The van der Waals surface area contributed by atoms with Crippen LogP contribution in [0.5, 0.6) is 0 Å². The molecule has 0 saturated carbocycles. The molecular weight excluding hydrogens is 190 g/mol. The Morgan fingerprint density at radius 3 is 3.07 bits per heavy atom. The lowest BCUT2D eigenvalue weighted by molar-refractivity contribution is 0.772. The van der Waals surface area contributed by atoms with Crippen LogP contribution in [-0.2, 0) is 0 Å². The summed E-state index contributed by atoms with van der Waals surface area (Å²) >= 11 is 0. The maximum absolute atomic E-state index is 5.46. The monoisotopic (exact) mass is 205 g/mol. The third kappa shape index (κ3) is 2.07. The van der Waals surface area contributed by atoms with Crippen LogP contribution in [0, 0.1) is 0 Å². The van der Waals surface area contributed by atoms with Gasteiger partial charge in [0.1, 0.15) is 0 Å². The minimum Gasteiger partial charge on any atom is -0.343 e. The van der Waals surface area contributed by atoms with Gasteiger partial charge in [0.05, 0.1) is 0 Å². The molecule has 0 aromatic carbocycles. The van der Waals surface area contributed by atoms with Crippen molar-refractivity contribution in [3.05, 3.63) is 24.4 Å². The smallest absolute Gasteiger partial charge is 0.245 e. The Hall–Kier alpha value is -1.62. The first-order valence-corrected chi connectivity index (χ1v) is 5.04. The number of pyridine rings is 1. The van der Waals surface area contributed by atoms with E-state index in [-0.39, 0.29) is 0 Å². The molecule has 0 saturated heterocycles. The van der Waals surface area contributed by atoms with E-state index >= 15 is 0 Å². The van der Waals surface area contributed by atoms with Gasteiger partial charge in [-0.3, -0.25) is 0 Å². The zero-order valence-corrected chi connectivity index (χ0v) is 8.80. The van der Waals surface area contributed by atoms with Crippen LogP contribution in [0.4, 0.5) is 5.95 Å². The highest BCUT2D eigenvalue weighted by molar-refractivity contribution is 5.43. The second-order valence-corrected chi connectivity index (χ2v) is 3.48. The van der Waals surface area contributed by atoms with Gasteiger partial charge in [-0.1, -0.05) is 6.07 Å². The number of rotatable bonds is 4. The third-order valence-corrected chi connectivity index (χ3v) is 2.27. The van der Waals surface area contributed by atoms with Crippen molar-refractivity contribution in [2.24, 2.45) is 5.73 Å². The molecule has 0 radical (unpaired) electrons. The molecule has 2 rings (SSSR count). The average Bonchev–Trinajstić information content (AvgIpc) is 2.69. The molecule has 0 aliphatic rings. The van der Waals surface area contributed by atoms with E-state index in [2.05, 4.69) is 10.1 Å². The molecule has 5 nitrogen and oxygen atoms in total. The fraction of sp³-hybridized carbons (Fsp3) is 0.400. The van der Waals surface area contributed by atoms with E-state index in [0.29, 0.717) is 6.54 Å². The van der Waals surface area contributed by atoms with E-state index in [1.165, 1.54) is 0 Å². The zero-order valence-electron chi connectivity index (χ0n) is 8.80. The largest absolute Gasteiger partial charge is 0.343 e. The van der Waals surface area contributed by atoms with Crippen LogP contribution in [-0.4, -0.2) is 34.7 Å². The molecule has 0 aliphatic carbocycles. The van der Waals surface area contributed by atoms with Crippen LogP contribution < -0.4 is 10.6 Å². The normalized spacial score (nSPS) is 10.8. The third-order valence-electron chi connectivity index (χ3n) is 2.27. The Morgan fingerprint density at radius 2 is 2.33 bits per heavy atom. The van der Waals surface area contributed by atoms with E-state index in [0.717, 1.165) is 24.6 Å². The van der Waals surface area contributed by atoms with Crippen molar-refractivity contribution in [3.63, 3.8) is 0 Å². The van der Waals surface area contributed by atoms with Crippen molar-refractivity contribution in [3.8, 4) is 0 Å². The Bertz CT molecular complexity index is 403. The maximum atomic E-state index is 5.46. The van der Waals surface area contributed by atoms with Crippen molar-refractivity contribution in [1.82, 2.24) is 14.6 Å². The van der Waals surface area contributed by atoms with Crippen molar-refractivity contribution >= 4 is 11.6 Å². The van der Waals surface area contributed by atoms with Crippen LogP contribution in [0.3, 0.4) is 0 Å². The van der Waals surface area contributed by atoms with Crippen LogP contribution in [0.25, 0.3) is 5.65 Å². The van der Waals surface area contributed by atoms with Crippen molar-refractivity contribution < 1.29 is 0 Å². The molecule has 2 N–H and O–H groups in total. The van der Waals surface area contributed by atoms with Crippen LogP contribution in [0.2, 0.25) is 0 Å². The summed E-state index contributed by atoms with van der Waals surface area (Å²) in [5.41, 5.74) is 6.32. The Kier molecular flexibility index (Phi) is 2.82. The Labute approximate surface area is 88.5 Å². The van der Waals surface area contributed by atoms with E-state index in [1.54, 1.807) is 4.52 Å². The fourth-order valence-electron chi connectivity index (χ4n) is 1.41. The second-order valence-electron chi connectivity index (χ2n) is 3.48. The highest BCUT2D eigenvalue weighted by Crippen LogP contribution is 2.08. The molecule has 15 heavy (non-hydrogen) atoms. The summed E-state index contributed by atoms with van der Waals surface area (Å²) in [6.45, 7) is 1.57. The van der Waals surface area contributed by atoms with E-state index in [9.17, 15) is 0 Å². The second kappa shape index (κ2) is 4.27. The van der Waals surface area contributed by atoms with Crippen molar-refractivity contribution in [1.29, 1.82) is 0 Å². The summed E-state index contributed by atoms with van der Waals surface area (Å²) in [6, 6.07) is 5.83. The molecule has 2 heterocycles. The molecule has 5 heteroatoms. The predicted octanol–water partition coefficient (Wildman–Crippen LogP) is 0.514. The van der Waals surface area contributed by atoms with Crippen molar-refractivity contribution in [2.75, 3.05) is 25.0 Å². The molecule has 80 valence electrons. The number of fused-ring (bicyclic) bond motifs is 1. The molecule has 0 aliphatic heterocycles. The van der Waals surface area contributed by atoms with E-state index < -0.39 is 0 Å². The SMILES string of the molecule is CN(CCCN)c1nc2ccccn2n1. The van der Waals surface area contributed by atoms with Crippen LogP contribution in [0.1, 0.15) is 6.42 Å². The molecule has 0 unspecified atom stereocenters. The fourth-order valence-corrected chi connectivity index (χ4v) is 1.41. The zero-order chi connectivity index (χ0) is 10.7. The van der Waals surface area contributed by atoms with Gasteiger partial charge in [0.15, 0.2) is 5.65 Å². The molecule has 0 amide bonds. The minimum atomic E-state index is 0.692. The number of aromatic nitrogens is 3. The highest BCUT2D eigenvalue weighted by atomic mass is 15.4. The quantitative estimate of drug-likeness (QED) is 0.790. The van der Waals surface area contributed by atoms with E-state index in [1.807, 2.05) is 36.3 Å². The first-order valence-electron chi connectivity index (χ1n) is 5.04. The summed E-state index contributed by atoms with van der Waals surface area (Å²) in [6.07, 6.45) is 2.84. The number of anilines is 1. The molecule has 0 atom stereocenters. The topological polar surface area (TPSA) is 59.5 Å². The summed E-state index contributed by atoms with van der Waals surface area (Å²) in [5.74, 6) is 0.745. The minimum absolute atomic E-state index is 0.692. The maximum Gasteiger partial charge on any atom is 0.245 e. The average molecular weight is 205 g/mol. The molecular formula is C10H15N5. The van der Waals surface area contributed by atoms with Gasteiger partial charge in [0.2, 0.25) is 5.95 Å². The lowest BCUT2D eigenvalue weighted by Crippen LogP contribution is -2.22. The Balaban J connectivity index is 2.20. The Morgan fingerprint density at radius 1 is 1.47 bits per heavy atom. The number of nitrogens with two attached hydrogens (primary N) is 1. The summed E-state index contributed by atoms with van der Waals surface area (Å²) < 4.78 is 1.77. The van der Waals surface area contributed by atoms with Gasteiger partial charge in [0, 0.05) is 19.8 Å². The lowest BCUT2D eigenvalue weighted by atomic mass is 10.4. The molecule has 0 spiro atoms. The van der Waals surface area contributed by atoms with Gasteiger partial charge in [-0.2, -0.15) is 4.98 Å². The van der Waals surface area contributed by atoms with Crippen LogP contribution >= 0.6 is 0 Å². The lowest BCUT2D eigenvalue weighted by Gasteiger charge is -2.12. The number of hydrogen-bond donors (Lipinski definition) is 1. The molecule has 0 bridgehead atoms. The van der Waals surface area contributed by atoms with E-state index in [4.69, 9.17) is 5.73 Å². The van der Waals surface area contributed by atoms with Gasteiger partial charge in [-0.15, -0.1) is 5.10 Å². The molecule has 2 aromatic rings. The summed E-state index contributed by atoms with van der Waals surface area (Å²) in [4.78, 5) is 6.42. The van der Waals surface area contributed by atoms with Gasteiger partial charge < -0.3 is 10.6 Å². The standard InChI is InChI=1S/C10H15N5/c1-14(7-4-6-11)10-12-9-5-2-3-8-15(9)13-10/h2-3,5,8H,4,6-7,11H2,1H3. The molecule has 2 aromatic heterocycles. The first kappa shape index (κ1) is 9.92. The summed E-state index contributed by atoms with van der Waals surface area (Å²) in [7, 11) is 1.98. The molecule has 0 fully saturated rings.